The van der Waals surface area contributed by atoms with Gasteiger partial charge in [0.25, 0.3) is 0 Å². The number of hydrogen-bond donors (Lipinski definition) is 0. The molecule has 0 nitrogen and oxygen atoms in total. The van der Waals surface area contributed by atoms with E-state index >= 15 is 0 Å². The van der Waals surface area contributed by atoms with Crippen LogP contribution in [0, 0.1) is 11.6 Å². The lowest BCUT2D eigenvalue weighted by Crippen LogP contribution is -2.12. The van der Waals surface area contributed by atoms with Gasteiger partial charge >= 0.3 is 0 Å². The largest absolute Gasteiger partial charge is 0.204 e. The van der Waals surface area contributed by atoms with Crippen molar-refractivity contribution in [1.29, 1.82) is 0 Å². The van der Waals surface area contributed by atoms with E-state index in [0.717, 1.165) is 17.3 Å². The van der Waals surface area contributed by atoms with E-state index < -0.39 is 11.6 Å². The molecule has 0 N–H and O–H groups in total. The van der Waals surface area contributed by atoms with E-state index in [-0.39, 0.29) is 0 Å². The lowest BCUT2D eigenvalue weighted by molar-refractivity contribution is 0.453. The molecule has 1 saturated carbocycles. The normalized spacial score (nSPS) is 22.2. The molecule has 0 spiro atoms. The molecule has 1 aliphatic rings. The third-order valence-electron chi connectivity index (χ3n) is 4.42. The van der Waals surface area contributed by atoms with Crippen LogP contribution < -0.4 is 0 Å². The van der Waals surface area contributed by atoms with Crippen LogP contribution in [-0.4, -0.2) is 5.66 Å². The van der Waals surface area contributed by atoms with Crippen molar-refractivity contribution >= 4 is 9.24 Å². The Balaban J connectivity index is 1.82. The molecule has 1 atom stereocenters. The zero-order valence-corrected chi connectivity index (χ0v) is 13.0. The predicted octanol–water partition coefficient (Wildman–Crippen LogP) is 5.53. The second-order valence-electron chi connectivity index (χ2n) is 5.84. The van der Waals surface area contributed by atoms with Crippen molar-refractivity contribution in [3.05, 3.63) is 59.7 Å². The molecule has 110 valence electrons. The summed E-state index contributed by atoms with van der Waals surface area (Å²) < 4.78 is 27.1. The molecule has 1 aliphatic carbocycles. The lowest BCUT2D eigenvalue weighted by atomic mass is 9.83. The van der Waals surface area contributed by atoms with Crippen molar-refractivity contribution in [3.8, 4) is 11.1 Å². The Hall–Kier alpha value is -1.27. The standard InChI is InChI=1S/C18H19F2P/c19-17-3-1-2-16(18(17)20)14-6-4-12(5-7-14)13-8-10-15(21)11-9-13/h1-7,13,15H,8-11,21H2. The highest BCUT2D eigenvalue weighted by Crippen LogP contribution is 2.36. The third kappa shape index (κ3) is 3.16. The number of halogens is 2. The molecule has 2 aromatic rings. The van der Waals surface area contributed by atoms with Crippen LogP contribution in [0.25, 0.3) is 11.1 Å². The first-order chi connectivity index (χ1) is 10.1. The molecule has 0 saturated heterocycles. The van der Waals surface area contributed by atoms with E-state index in [2.05, 4.69) is 21.4 Å². The highest BCUT2D eigenvalue weighted by molar-refractivity contribution is 7.17. The summed E-state index contributed by atoms with van der Waals surface area (Å²) in [6, 6.07) is 12.2. The Labute approximate surface area is 126 Å². The fourth-order valence-electron chi connectivity index (χ4n) is 3.11. The minimum absolute atomic E-state index is 0.329. The van der Waals surface area contributed by atoms with Crippen LogP contribution in [0.2, 0.25) is 0 Å². The molecular formula is C18H19F2P. The molecule has 0 aromatic heterocycles. The van der Waals surface area contributed by atoms with Crippen molar-refractivity contribution in [3.63, 3.8) is 0 Å². The van der Waals surface area contributed by atoms with E-state index in [1.165, 1.54) is 31.2 Å². The second-order valence-corrected chi connectivity index (χ2v) is 6.78. The first kappa shape index (κ1) is 14.7. The fourth-order valence-corrected chi connectivity index (χ4v) is 3.50. The molecule has 0 bridgehead atoms. The Kier molecular flexibility index (Phi) is 4.35. The van der Waals surface area contributed by atoms with Crippen LogP contribution in [0.5, 0.6) is 0 Å². The Morgan fingerprint density at radius 3 is 2.19 bits per heavy atom. The van der Waals surface area contributed by atoms with Gasteiger partial charge in [-0.25, -0.2) is 8.78 Å². The summed E-state index contributed by atoms with van der Waals surface area (Å²) in [4.78, 5) is 0. The summed E-state index contributed by atoms with van der Waals surface area (Å²) in [5.41, 5.74) is 3.13. The SMILES string of the molecule is Fc1cccc(-c2ccc(C3CCC(P)CC3)cc2)c1F. The van der Waals surface area contributed by atoms with Crippen LogP contribution in [-0.2, 0) is 0 Å². The predicted molar refractivity (Wildman–Crippen MR) is 86.5 cm³/mol. The van der Waals surface area contributed by atoms with Gasteiger partial charge in [0.05, 0.1) is 0 Å². The van der Waals surface area contributed by atoms with Gasteiger partial charge in [-0.15, -0.1) is 9.24 Å². The highest BCUT2D eigenvalue weighted by atomic mass is 31.0. The second kappa shape index (κ2) is 6.23. The molecule has 1 unspecified atom stereocenters. The topological polar surface area (TPSA) is 0 Å². The van der Waals surface area contributed by atoms with E-state index in [1.807, 2.05) is 12.1 Å². The van der Waals surface area contributed by atoms with Crippen molar-refractivity contribution in [2.45, 2.75) is 37.3 Å². The van der Waals surface area contributed by atoms with E-state index in [0.29, 0.717) is 11.5 Å². The smallest absolute Gasteiger partial charge is 0.166 e. The number of benzene rings is 2. The van der Waals surface area contributed by atoms with E-state index in [9.17, 15) is 8.78 Å². The van der Waals surface area contributed by atoms with Gasteiger partial charge in [0.1, 0.15) is 0 Å². The average molecular weight is 304 g/mol. The summed E-state index contributed by atoms with van der Waals surface area (Å²) in [6.45, 7) is 0. The van der Waals surface area contributed by atoms with Gasteiger partial charge < -0.3 is 0 Å². The highest BCUT2D eigenvalue weighted by Gasteiger charge is 2.20. The summed E-state index contributed by atoms with van der Waals surface area (Å²) >= 11 is 0. The number of rotatable bonds is 2. The molecule has 3 heteroatoms. The number of hydrogen-bond acceptors (Lipinski definition) is 0. The van der Waals surface area contributed by atoms with Crippen molar-refractivity contribution < 1.29 is 8.78 Å². The van der Waals surface area contributed by atoms with Gasteiger partial charge in [-0.05, 0) is 54.5 Å². The maximum absolute atomic E-state index is 13.8. The van der Waals surface area contributed by atoms with Crippen molar-refractivity contribution in [1.82, 2.24) is 0 Å². The van der Waals surface area contributed by atoms with Gasteiger partial charge in [-0.2, -0.15) is 0 Å². The monoisotopic (exact) mass is 304 g/mol. The third-order valence-corrected chi connectivity index (χ3v) is 5.08. The lowest BCUT2D eigenvalue weighted by Gasteiger charge is -2.26. The summed E-state index contributed by atoms with van der Waals surface area (Å²) in [5, 5.41) is 0. The molecule has 0 aliphatic heterocycles. The Bertz CT molecular complexity index is 614. The van der Waals surface area contributed by atoms with E-state index in [1.54, 1.807) is 12.1 Å². The maximum atomic E-state index is 13.8. The molecule has 0 amide bonds. The minimum atomic E-state index is -0.796. The van der Waals surface area contributed by atoms with Crippen LogP contribution >= 0.6 is 9.24 Å². The van der Waals surface area contributed by atoms with Gasteiger partial charge in [0.15, 0.2) is 11.6 Å². The van der Waals surface area contributed by atoms with Crippen molar-refractivity contribution in [2.75, 3.05) is 0 Å². The summed E-state index contributed by atoms with van der Waals surface area (Å²) in [7, 11) is 2.91. The van der Waals surface area contributed by atoms with Gasteiger partial charge in [0, 0.05) is 5.56 Å². The Morgan fingerprint density at radius 2 is 1.52 bits per heavy atom. The molecule has 0 heterocycles. The van der Waals surface area contributed by atoms with Crippen LogP contribution in [0.4, 0.5) is 8.78 Å². The van der Waals surface area contributed by atoms with Gasteiger partial charge in [-0.3, -0.25) is 0 Å². The molecular weight excluding hydrogens is 285 g/mol. The molecule has 3 rings (SSSR count). The minimum Gasteiger partial charge on any atom is -0.204 e. The maximum Gasteiger partial charge on any atom is 0.166 e. The molecule has 2 aromatic carbocycles. The first-order valence-corrected chi connectivity index (χ1v) is 8.12. The van der Waals surface area contributed by atoms with Gasteiger partial charge in [-0.1, -0.05) is 36.4 Å². The van der Waals surface area contributed by atoms with Gasteiger partial charge in [0.2, 0.25) is 0 Å². The first-order valence-electron chi connectivity index (χ1n) is 7.45. The molecule has 21 heavy (non-hydrogen) atoms. The summed E-state index contributed by atoms with van der Waals surface area (Å²) in [5.74, 6) is -0.961. The fraction of sp³-hybridized carbons (Fsp3) is 0.333. The summed E-state index contributed by atoms with van der Waals surface area (Å²) in [6.07, 6.45) is 4.91. The zero-order valence-electron chi connectivity index (χ0n) is 11.9. The van der Waals surface area contributed by atoms with Crippen LogP contribution in [0.1, 0.15) is 37.2 Å². The van der Waals surface area contributed by atoms with E-state index in [4.69, 9.17) is 0 Å². The van der Waals surface area contributed by atoms with Crippen LogP contribution in [0.15, 0.2) is 42.5 Å². The van der Waals surface area contributed by atoms with Crippen molar-refractivity contribution in [2.24, 2.45) is 0 Å². The van der Waals surface area contributed by atoms with Crippen LogP contribution in [0.3, 0.4) is 0 Å². The quantitative estimate of drug-likeness (QED) is 0.640. The molecule has 1 fully saturated rings. The molecule has 0 radical (unpaired) electrons. The Morgan fingerprint density at radius 1 is 0.857 bits per heavy atom. The average Bonchev–Trinajstić information content (AvgIpc) is 2.51. The zero-order chi connectivity index (χ0) is 14.8.